The van der Waals surface area contributed by atoms with Gasteiger partial charge in [-0.15, -0.1) is 0 Å². The molecule has 2 aromatic heterocycles. The van der Waals surface area contributed by atoms with Gasteiger partial charge in [0.2, 0.25) is 5.91 Å². The fourth-order valence-electron chi connectivity index (χ4n) is 2.45. The van der Waals surface area contributed by atoms with Crippen molar-refractivity contribution in [2.45, 2.75) is 20.0 Å². The van der Waals surface area contributed by atoms with Crippen molar-refractivity contribution < 1.29 is 14.1 Å². The summed E-state index contributed by atoms with van der Waals surface area (Å²) < 4.78 is 17.0. The number of hydrogen-bond acceptors (Lipinski definition) is 5. The zero-order valence-corrected chi connectivity index (χ0v) is 15.7. The Morgan fingerprint density at radius 3 is 2.81 bits per heavy atom. The van der Waals surface area contributed by atoms with Crippen LogP contribution in [0.15, 0.2) is 41.1 Å². The molecular weight excluding hydrogens is 423 g/mol. The first-order valence-electron chi connectivity index (χ1n) is 7.78. The molecule has 0 fully saturated rings. The Bertz CT molecular complexity index is 1020. The minimum Gasteiger partial charge on any atom is -0.307 e. The van der Waals surface area contributed by atoms with Crippen LogP contribution in [0.25, 0.3) is 0 Å². The first-order chi connectivity index (χ1) is 12.8. The molecule has 0 aliphatic carbocycles. The molecule has 0 saturated carbocycles. The Morgan fingerprint density at radius 2 is 2.15 bits per heavy atom. The molecule has 1 amide bonds. The summed E-state index contributed by atoms with van der Waals surface area (Å²) in [4.78, 5) is 22.5. The van der Waals surface area contributed by atoms with E-state index in [0.29, 0.717) is 10.0 Å². The van der Waals surface area contributed by atoms with E-state index in [2.05, 4.69) is 31.4 Å². The molecule has 1 aromatic carbocycles. The number of nitrogens with zero attached hydrogens (tertiary/aromatic N) is 5. The minimum atomic E-state index is -0.558. The number of carbonyl (C=O) groups excluding carboxylic acids is 1. The van der Waals surface area contributed by atoms with E-state index in [-0.39, 0.29) is 36.1 Å². The average Bonchev–Trinajstić information content (AvgIpc) is 3.13. The molecule has 2 heterocycles. The summed E-state index contributed by atoms with van der Waals surface area (Å²) in [5.74, 6) is -0.533. The topological polar surface area (TPSA) is 108 Å². The van der Waals surface area contributed by atoms with Crippen molar-refractivity contribution >= 4 is 33.3 Å². The Labute approximate surface area is 161 Å². The summed E-state index contributed by atoms with van der Waals surface area (Å²) in [6.07, 6.45) is 2.72. The molecule has 0 radical (unpaired) electrons. The van der Waals surface area contributed by atoms with Gasteiger partial charge in [-0.2, -0.15) is 10.2 Å². The van der Waals surface area contributed by atoms with Crippen molar-refractivity contribution in [1.82, 2.24) is 19.6 Å². The number of rotatable bonds is 6. The zero-order valence-electron chi connectivity index (χ0n) is 14.1. The summed E-state index contributed by atoms with van der Waals surface area (Å²) in [5.41, 5.74) is 0.585. The SMILES string of the molecule is Cc1c([N+](=O)[O-])cnn1CC(=O)Nc1nn(Cc2ccccc2F)cc1Br. The fraction of sp³-hybridized carbons (Fsp3) is 0.188. The Kier molecular flexibility index (Phi) is 5.31. The van der Waals surface area contributed by atoms with Gasteiger partial charge in [0.1, 0.15) is 24.3 Å². The third-order valence-electron chi connectivity index (χ3n) is 3.83. The second kappa shape index (κ2) is 7.66. The highest BCUT2D eigenvalue weighted by Gasteiger charge is 2.19. The number of hydrogen-bond donors (Lipinski definition) is 1. The van der Waals surface area contributed by atoms with Gasteiger partial charge < -0.3 is 5.32 Å². The molecule has 0 unspecified atom stereocenters. The third kappa shape index (κ3) is 4.19. The van der Waals surface area contributed by atoms with Crippen LogP contribution in [-0.4, -0.2) is 30.4 Å². The number of nitro groups is 1. The third-order valence-corrected chi connectivity index (χ3v) is 4.41. The Morgan fingerprint density at radius 1 is 1.41 bits per heavy atom. The van der Waals surface area contributed by atoms with E-state index in [1.807, 2.05) is 0 Å². The maximum absolute atomic E-state index is 13.8. The smallest absolute Gasteiger partial charge is 0.307 e. The molecule has 1 N–H and O–H groups in total. The van der Waals surface area contributed by atoms with Gasteiger partial charge in [-0.05, 0) is 28.9 Å². The second-order valence-corrected chi connectivity index (χ2v) is 6.55. The number of anilines is 1. The van der Waals surface area contributed by atoms with Gasteiger partial charge in [-0.3, -0.25) is 24.3 Å². The average molecular weight is 437 g/mol. The summed E-state index contributed by atoms with van der Waals surface area (Å²) in [7, 11) is 0. The lowest BCUT2D eigenvalue weighted by Gasteiger charge is -2.05. The minimum absolute atomic E-state index is 0.154. The predicted octanol–water partition coefficient (Wildman–Crippen LogP) is 2.88. The molecule has 3 rings (SSSR count). The molecule has 140 valence electrons. The lowest BCUT2D eigenvalue weighted by molar-refractivity contribution is -0.385. The molecule has 0 bridgehead atoms. The Hall–Kier alpha value is -3.08. The number of aromatic nitrogens is 4. The van der Waals surface area contributed by atoms with Gasteiger partial charge >= 0.3 is 5.69 Å². The highest BCUT2D eigenvalue weighted by atomic mass is 79.9. The first kappa shape index (κ1) is 18.7. The molecule has 27 heavy (non-hydrogen) atoms. The van der Waals surface area contributed by atoms with Crippen molar-refractivity contribution in [1.29, 1.82) is 0 Å². The quantitative estimate of drug-likeness (QED) is 0.471. The summed E-state index contributed by atoms with van der Waals surface area (Å²) >= 11 is 3.30. The maximum Gasteiger partial charge on any atom is 0.309 e. The van der Waals surface area contributed by atoms with Gasteiger partial charge in [-0.25, -0.2) is 4.39 Å². The standard InChI is InChI=1S/C16H14BrFN6O3/c1-10-14(24(26)27)6-19-23(10)9-15(25)20-16-12(17)8-22(21-16)7-11-4-2-3-5-13(11)18/h2-6,8H,7,9H2,1H3,(H,20,21,25). The van der Waals surface area contributed by atoms with Crippen LogP contribution in [-0.2, 0) is 17.9 Å². The highest BCUT2D eigenvalue weighted by molar-refractivity contribution is 9.10. The fourth-order valence-corrected chi connectivity index (χ4v) is 2.86. The number of halogens is 2. The highest BCUT2D eigenvalue weighted by Crippen LogP contribution is 2.22. The molecule has 0 aliphatic heterocycles. The van der Waals surface area contributed by atoms with E-state index < -0.39 is 10.8 Å². The molecular formula is C16H14BrFN6O3. The van der Waals surface area contributed by atoms with E-state index in [1.54, 1.807) is 24.4 Å². The normalized spacial score (nSPS) is 10.8. The van der Waals surface area contributed by atoms with E-state index >= 15 is 0 Å². The molecule has 11 heteroatoms. The van der Waals surface area contributed by atoms with Gasteiger partial charge in [0.15, 0.2) is 5.82 Å². The molecule has 9 nitrogen and oxygen atoms in total. The molecule has 0 atom stereocenters. The predicted molar refractivity (Wildman–Crippen MR) is 97.7 cm³/mol. The van der Waals surface area contributed by atoms with Crippen LogP contribution in [0, 0.1) is 22.9 Å². The van der Waals surface area contributed by atoms with E-state index in [4.69, 9.17) is 0 Å². The maximum atomic E-state index is 13.8. The number of nitrogens with one attached hydrogen (secondary N) is 1. The van der Waals surface area contributed by atoms with E-state index in [1.165, 1.54) is 22.4 Å². The summed E-state index contributed by atoms with van der Waals surface area (Å²) in [5, 5.41) is 21.5. The zero-order chi connectivity index (χ0) is 19.6. The van der Waals surface area contributed by atoms with Gasteiger partial charge in [0, 0.05) is 11.8 Å². The largest absolute Gasteiger partial charge is 0.309 e. The van der Waals surface area contributed by atoms with Crippen LogP contribution < -0.4 is 5.32 Å². The number of benzene rings is 1. The molecule has 0 aliphatic rings. The Balaban J connectivity index is 1.69. The number of amides is 1. The lowest BCUT2D eigenvalue weighted by Crippen LogP contribution is -2.21. The van der Waals surface area contributed by atoms with Crippen LogP contribution in [0.2, 0.25) is 0 Å². The summed E-state index contributed by atoms with van der Waals surface area (Å²) in [6, 6.07) is 6.34. The monoisotopic (exact) mass is 436 g/mol. The van der Waals surface area contributed by atoms with Crippen molar-refractivity contribution in [3.05, 3.63) is 68.3 Å². The van der Waals surface area contributed by atoms with Crippen LogP contribution in [0.5, 0.6) is 0 Å². The van der Waals surface area contributed by atoms with Gasteiger partial charge in [0.25, 0.3) is 0 Å². The molecule has 3 aromatic rings. The van der Waals surface area contributed by atoms with Gasteiger partial charge in [0.05, 0.1) is 15.9 Å². The van der Waals surface area contributed by atoms with Crippen molar-refractivity contribution in [2.24, 2.45) is 0 Å². The lowest BCUT2D eigenvalue weighted by atomic mass is 10.2. The van der Waals surface area contributed by atoms with Gasteiger partial charge in [-0.1, -0.05) is 18.2 Å². The van der Waals surface area contributed by atoms with Crippen molar-refractivity contribution in [2.75, 3.05) is 5.32 Å². The van der Waals surface area contributed by atoms with Crippen molar-refractivity contribution in [3.8, 4) is 0 Å². The molecule has 0 spiro atoms. The van der Waals surface area contributed by atoms with E-state index in [0.717, 1.165) is 6.20 Å². The van der Waals surface area contributed by atoms with Crippen LogP contribution >= 0.6 is 15.9 Å². The van der Waals surface area contributed by atoms with Crippen LogP contribution in [0.3, 0.4) is 0 Å². The first-order valence-corrected chi connectivity index (χ1v) is 8.57. The molecule has 0 saturated heterocycles. The van der Waals surface area contributed by atoms with E-state index in [9.17, 15) is 19.3 Å². The van der Waals surface area contributed by atoms with Crippen LogP contribution in [0.4, 0.5) is 15.9 Å². The number of carbonyl (C=O) groups is 1. The summed E-state index contributed by atoms with van der Waals surface area (Å²) in [6.45, 7) is 1.51. The van der Waals surface area contributed by atoms with Crippen molar-refractivity contribution in [3.63, 3.8) is 0 Å². The second-order valence-electron chi connectivity index (χ2n) is 5.69. The van der Waals surface area contributed by atoms with Crippen LogP contribution in [0.1, 0.15) is 11.3 Å².